The summed E-state index contributed by atoms with van der Waals surface area (Å²) in [5, 5.41) is 22.0. The van der Waals surface area contributed by atoms with Crippen LogP contribution in [0.2, 0.25) is 0 Å². The highest BCUT2D eigenvalue weighted by molar-refractivity contribution is 5.95. The maximum absolute atomic E-state index is 13.1. The first-order valence-corrected chi connectivity index (χ1v) is 7.47. The summed E-state index contributed by atoms with van der Waals surface area (Å²) in [6.45, 7) is 0. The number of rotatable bonds is 3. The van der Waals surface area contributed by atoms with Crippen molar-refractivity contribution in [3.05, 3.63) is 81.8 Å². The number of hydrazine groups is 1. The Kier molecular flexibility index (Phi) is 4.31. The Bertz CT molecular complexity index is 916. The number of hydrogen-bond acceptors (Lipinski definition) is 5. The van der Waals surface area contributed by atoms with E-state index in [0.29, 0.717) is 11.1 Å². The molecule has 1 aliphatic rings. The van der Waals surface area contributed by atoms with Gasteiger partial charge in [-0.15, -0.1) is 0 Å². The average molecular weight is 381 g/mol. The molecule has 0 bridgehead atoms. The summed E-state index contributed by atoms with van der Waals surface area (Å²) in [6.07, 6.45) is -1.59. The lowest BCUT2D eigenvalue weighted by molar-refractivity contribution is -0.384. The largest absolute Gasteiger partial charge is 0.432 e. The summed E-state index contributed by atoms with van der Waals surface area (Å²) >= 11 is 0. The highest BCUT2D eigenvalue weighted by atomic mass is 19.4. The molecule has 2 aromatic rings. The average Bonchev–Trinajstić information content (AvgIpc) is 3.01. The molecule has 8 nitrogen and oxygen atoms in total. The topological polar surface area (TPSA) is 110 Å². The number of hydrogen-bond donors (Lipinski definition) is 2. The first kappa shape index (κ1) is 18.3. The van der Waals surface area contributed by atoms with Gasteiger partial charge in [0.25, 0.3) is 11.6 Å². The van der Waals surface area contributed by atoms with Gasteiger partial charge in [0.1, 0.15) is 5.70 Å². The number of H-pyrrole nitrogens is 1. The van der Waals surface area contributed by atoms with Gasteiger partial charge in [-0.2, -0.15) is 13.2 Å². The van der Waals surface area contributed by atoms with Crippen molar-refractivity contribution in [2.75, 3.05) is 0 Å². The number of alkyl halides is 3. The van der Waals surface area contributed by atoms with Crippen molar-refractivity contribution in [2.24, 2.45) is 0 Å². The van der Waals surface area contributed by atoms with E-state index in [-0.39, 0.29) is 16.8 Å². The molecule has 0 radical (unpaired) electrons. The summed E-state index contributed by atoms with van der Waals surface area (Å²) in [5.41, 5.74) is -2.28. The molecule has 1 aliphatic heterocycles. The fourth-order valence-electron chi connectivity index (χ4n) is 2.55. The SMILES string of the molecule is O=C(c1ccc([N+](=O)[O-])cc1)N1NC(C(F)(F)F)=CC1(O)c1cc[nH+]cc1. The molecule has 0 saturated carbocycles. The van der Waals surface area contributed by atoms with Crippen molar-refractivity contribution in [3.8, 4) is 0 Å². The number of pyridine rings is 1. The molecule has 0 saturated heterocycles. The molecule has 0 fully saturated rings. The number of benzene rings is 1. The lowest BCUT2D eigenvalue weighted by atomic mass is 10.0. The van der Waals surface area contributed by atoms with Crippen LogP contribution < -0.4 is 10.4 Å². The zero-order valence-electron chi connectivity index (χ0n) is 13.4. The van der Waals surface area contributed by atoms with Crippen LogP contribution in [0.15, 0.2) is 60.6 Å². The van der Waals surface area contributed by atoms with E-state index in [9.17, 15) is 33.2 Å². The third kappa shape index (κ3) is 3.31. The Labute approximate surface area is 149 Å². The second-order valence-electron chi connectivity index (χ2n) is 5.63. The van der Waals surface area contributed by atoms with Gasteiger partial charge in [-0.05, 0) is 12.1 Å². The summed E-state index contributed by atoms with van der Waals surface area (Å²) in [6, 6.07) is 6.89. The summed E-state index contributed by atoms with van der Waals surface area (Å²) < 4.78 is 39.4. The molecule has 3 rings (SSSR count). The number of nitrogens with zero attached hydrogens (tertiary/aromatic N) is 2. The molecule has 3 N–H and O–H groups in total. The number of aliphatic hydroxyl groups is 1. The Morgan fingerprint density at radius 1 is 1.19 bits per heavy atom. The fraction of sp³-hybridized carbons (Fsp3) is 0.125. The molecule has 11 heteroatoms. The molecule has 0 spiro atoms. The number of aromatic amines is 1. The van der Waals surface area contributed by atoms with E-state index in [1.165, 1.54) is 24.5 Å². The van der Waals surface area contributed by atoms with Crippen molar-refractivity contribution in [2.45, 2.75) is 11.9 Å². The second-order valence-corrected chi connectivity index (χ2v) is 5.63. The molecule has 1 amide bonds. The van der Waals surface area contributed by atoms with E-state index in [4.69, 9.17) is 0 Å². The highest BCUT2D eigenvalue weighted by Crippen LogP contribution is 2.38. The first-order valence-electron chi connectivity index (χ1n) is 7.47. The van der Waals surface area contributed by atoms with Gasteiger partial charge >= 0.3 is 6.18 Å². The van der Waals surface area contributed by atoms with Crippen LogP contribution in [0.1, 0.15) is 15.9 Å². The number of halogens is 3. The van der Waals surface area contributed by atoms with Gasteiger partial charge in [0.2, 0.25) is 5.72 Å². The van der Waals surface area contributed by atoms with Crippen LogP contribution in [0.5, 0.6) is 0 Å². The number of allylic oxidation sites excluding steroid dienone is 1. The number of amides is 1. The van der Waals surface area contributed by atoms with Crippen LogP contribution in [0.4, 0.5) is 18.9 Å². The van der Waals surface area contributed by atoms with Crippen LogP contribution in [-0.2, 0) is 5.72 Å². The molecule has 1 aromatic carbocycles. The van der Waals surface area contributed by atoms with Gasteiger partial charge in [0.05, 0.1) is 4.92 Å². The van der Waals surface area contributed by atoms with E-state index < -0.39 is 28.4 Å². The monoisotopic (exact) mass is 381 g/mol. The van der Waals surface area contributed by atoms with Crippen LogP contribution in [-0.4, -0.2) is 27.1 Å². The summed E-state index contributed by atoms with van der Waals surface area (Å²) in [5.74, 6) is -1.00. The van der Waals surface area contributed by atoms with Gasteiger partial charge in [-0.1, -0.05) is 0 Å². The lowest BCUT2D eigenvalue weighted by Crippen LogP contribution is -2.51. The first-order chi connectivity index (χ1) is 12.6. The molecular weight excluding hydrogens is 369 g/mol. The smallest absolute Gasteiger partial charge is 0.362 e. The van der Waals surface area contributed by atoms with Crippen LogP contribution >= 0.6 is 0 Å². The number of nitro benzene ring substituents is 1. The Morgan fingerprint density at radius 2 is 1.78 bits per heavy atom. The molecule has 27 heavy (non-hydrogen) atoms. The van der Waals surface area contributed by atoms with E-state index in [2.05, 4.69) is 4.98 Å². The Hall–Kier alpha value is -3.47. The number of nitrogens with one attached hydrogen (secondary N) is 2. The minimum Gasteiger partial charge on any atom is -0.362 e. The number of aromatic nitrogens is 1. The third-order valence-corrected chi connectivity index (χ3v) is 3.90. The highest BCUT2D eigenvalue weighted by Gasteiger charge is 2.50. The minimum atomic E-state index is -4.83. The quantitative estimate of drug-likeness (QED) is 0.621. The third-order valence-electron chi connectivity index (χ3n) is 3.90. The normalized spacial score (nSPS) is 19.4. The van der Waals surface area contributed by atoms with Crippen molar-refractivity contribution in [3.63, 3.8) is 0 Å². The van der Waals surface area contributed by atoms with Gasteiger partial charge in [0.15, 0.2) is 12.4 Å². The molecule has 0 aliphatic carbocycles. The Morgan fingerprint density at radius 3 is 2.30 bits per heavy atom. The molecule has 2 heterocycles. The molecular formula is C16H12F3N4O4+. The minimum absolute atomic E-state index is 0.00302. The number of non-ortho nitro benzene ring substituents is 1. The second kappa shape index (κ2) is 6.36. The zero-order chi connectivity index (χ0) is 19.8. The number of carbonyl (C=O) groups excluding carboxylic acids is 1. The van der Waals surface area contributed by atoms with Crippen molar-refractivity contribution < 1.29 is 33.0 Å². The maximum Gasteiger partial charge on any atom is 0.432 e. The van der Waals surface area contributed by atoms with Gasteiger partial charge in [-0.25, -0.2) is 9.99 Å². The lowest BCUT2D eigenvalue weighted by Gasteiger charge is -2.32. The summed E-state index contributed by atoms with van der Waals surface area (Å²) in [7, 11) is 0. The van der Waals surface area contributed by atoms with Gasteiger partial charge in [-0.3, -0.25) is 20.3 Å². The van der Waals surface area contributed by atoms with Crippen LogP contribution in [0.3, 0.4) is 0 Å². The van der Waals surface area contributed by atoms with E-state index in [1.54, 1.807) is 0 Å². The molecule has 140 valence electrons. The van der Waals surface area contributed by atoms with Crippen LogP contribution in [0.25, 0.3) is 0 Å². The number of carbonyl (C=O) groups is 1. The van der Waals surface area contributed by atoms with E-state index in [1.807, 2.05) is 5.43 Å². The van der Waals surface area contributed by atoms with Gasteiger partial charge in [0, 0.05) is 41.5 Å². The maximum atomic E-state index is 13.1. The summed E-state index contributed by atoms with van der Waals surface area (Å²) in [4.78, 5) is 25.4. The van der Waals surface area contributed by atoms with E-state index >= 15 is 0 Å². The fourth-order valence-corrected chi connectivity index (χ4v) is 2.55. The standard InChI is InChI=1S/C16H11F3N4O4/c17-16(18,19)13-9-15(25,11-5-7-20-8-6-11)22(21-13)14(24)10-1-3-12(4-2-10)23(26)27/h1-9,21,25H/p+1. The van der Waals surface area contributed by atoms with Crippen molar-refractivity contribution in [1.29, 1.82) is 0 Å². The predicted molar refractivity (Wildman–Crippen MR) is 83.4 cm³/mol. The van der Waals surface area contributed by atoms with E-state index in [0.717, 1.165) is 24.3 Å². The predicted octanol–water partition coefficient (Wildman–Crippen LogP) is 1.66. The Balaban J connectivity index is 2.02. The number of nitro groups is 1. The zero-order valence-corrected chi connectivity index (χ0v) is 13.4. The van der Waals surface area contributed by atoms with Gasteiger partial charge < -0.3 is 5.11 Å². The molecule has 1 unspecified atom stereocenters. The van der Waals surface area contributed by atoms with Crippen molar-refractivity contribution >= 4 is 11.6 Å². The molecule has 1 atom stereocenters. The molecule has 1 aromatic heterocycles. The van der Waals surface area contributed by atoms with Crippen molar-refractivity contribution in [1.82, 2.24) is 10.4 Å². The van der Waals surface area contributed by atoms with Crippen LogP contribution in [0, 0.1) is 10.1 Å².